The van der Waals surface area contributed by atoms with Crippen LogP contribution in [0.4, 0.5) is 5.69 Å². The van der Waals surface area contributed by atoms with E-state index in [9.17, 15) is 8.42 Å². The van der Waals surface area contributed by atoms with Gasteiger partial charge in [-0.3, -0.25) is 0 Å². The third-order valence-corrected chi connectivity index (χ3v) is 6.72. The Labute approximate surface area is 139 Å². The highest BCUT2D eigenvalue weighted by atomic mass is 32.2. The molecule has 3 heterocycles. The van der Waals surface area contributed by atoms with Gasteiger partial charge in [-0.05, 0) is 36.4 Å². The average molecular weight is 348 g/mol. The van der Waals surface area contributed by atoms with Crippen molar-refractivity contribution in [3.05, 3.63) is 41.5 Å². The van der Waals surface area contributed by atoms with Gasteiger partial charge in [-0.25, -0.2) is 18.1 Å². The van der Waals surface area contributed by atoms with Crippen molar-refractivity contribution in [3.63, 3.8) is 0 Å². The molecule has 120 valence electrons. The molecular formula is C15H16N4O2S2. The predicted molar refractivity (Wildman–Crippen MR) is 88.8 cm³/mol. The minimum Gasteiger partial charge on any atom is -0.370 e. The van der Waals surface area contributed by atoms with Gasteiger partial charge in [-0.2, -0.15) is 5.26 Å². The highest BCUT2D eigenvalue weighted by Crippen LogP contribution is 2.22. The van der Waals surface area contributed by atoms with Gasteiger partial charge in [-0.15, -0.1) is 11.3 Å². The van der Waals surface area contributed by atoms with Crippen molar-refractivity contribution in [3.8, 4) is 6.07 Å². The fourth-order valence-electron chi connectivity index (χ4n) is 2.59. The van der Waals surface area contributed by atoms with Gasteiger partial charge in [0.15, 0.2) is 0 Å². The summed E-state index contributed by atoms with van der Waals surface area (Å²) in [4.78, 5) is 6.23. The number of aromatic nitrogens is 1. The third-order valence-electron chi connectivity index (χ3n) is 3.80. The lowest BCUT2D eigenvalue weighted by Gasteiger charge is -2.33. The van der Waals surface area contributed by atoms with E-state index in [4.69, 9.17) is 5.26 Å². The molecule has 8 heteroatoms. The normalized spacial score (nSPS) is 16.2. The van der Waals surface area contributed by atoms with Gasteiger partial charge in [0.1, 0.15) is 16.0 Å². The summed E-state index contributed by atoms with van der Waals surface area (Å²) < 4.78 is 27.6. The standard InChI is InChI=1S/C15H16N4O2S2/c16-10-13-3-4-14(11-17-13)19-7-5-12(6-8-19)18-23(20,21)15-2-1-9-22-15/h1-4,9,11-12,18H,5-8H2. The molecule has 0 aromatic carbocycles. The Hall–Kier alpha value is -1.95. The minimum atomic E-state index is -3.41. The maximum atomic E-state index is 12.2. The van der Waals surface area contributed by atoms with E-state index in [1.165, 1.54) is 11.3 Å². The van der Waals surface area contributed by atoms with Crippen molar-refractivity contribution in [1.29, 1.82) is 5.26 Å². The third kappa shape index (κ3) is 3.69. The number of thiophene rings is 1. The number of hydrogen-bond acceptors (Lipinski definition) is 6. The summed E-state index contributed by atoms with van der Waals surface area (Å²) in [5, 5.41) is 10.5. The zero-order valence-corrected chi connectivity index (χ0v) is 14.0. The Bertz CT molecular complexity index is 787. The summed E-state index contributed by atoms with van der Waals surface area (Å²) in [6.07, 6.45) is 3.17. The van der Waals surface area contributed by atoms with Crippen LogP contribution >= 0.6 is 11.3 Å². The molecule has 0 radical (unpaired) electrons. The first-order valence-corrected chi connectivity index (χ1v) is 9.62. The summed E-state index contributed by atoms with van der Waals surface area (Å²) in [5.74, 6) is 0. The molecular weight excluding hydrogens is 332 g/mol. The second-order valence-electron chi connectivity index (χ2n) is 5.33. The number of nitrogens with zero attached hydrogens (tertiary/aromatic N) is 3. The molecule has 0 unspecified atom stereocenters. The summed E-state index contributed by atoms with van der Waals surface area (Å²) in [6.45, 7) is 1.51. The zero-order chi connectivity index (χ0) is 16.3. The molecule has 23 heavy (non-hydrogen) atoms. The predicted octanol–water partition coefficient (Wildman–Crippen LogP) is 1.96. The van der Waals surface area contributed by atoms with Crippen LogP contribution in [0.1, 0.15) is 18.5 Å². The monoisotopic (exact) mass is 348 g/mol. The van der Waals surface area contributed by atoms with Crippen LogP contribution in [-0.2, 0) is 10.0 Å². The lowest BCUT2D eigenvalue weighted by molar-refractivity contribution is 0.460. The van der Waals surface area contributed by atoms with E-state index in [-0.39, 0.29) is 6.04 Å². The Morgan fingerprint density at radius 2 is 2.09 bits per heavy atom. The number of nitrogens with one attached hydrogen (secondary N) is 1. The number of hydrogen-bond donors (Lipinski definition) is 1. The number of pyridine rings is 1. The highest BCUT2D eigenvalue weighted by Gasteiger charge is 2.25. The van der Waals surface area contributed by atoms with Gasteiger partial charge in [0.25, 0.3) is 0 Å². The molecule has 0 amide bonds. The van der Waals surface area contributed by atoms with Gasteiger partial charge >= 0.3 is 0 Å². The summed E-state index contributed by atoms with van der Waals surface area (Å²) >= 11 is 1.22. The number of nitriles is 1. The first-order valence-electron chi connectivity index (χ1n) is 7.25. The van der Waals surface area contributed by atoms with Gasteiger partial charge in [0.05, 0.1) is 11.9 Å². The Morgan fingerprint density at radius 1 is 1.30 bits per heavy atom. The Morgan fingerprint density at radius 3 is 2.65 bits per heavy atom. The van der Waals surface area contributed by atoms with Crippen LogP contribution in [-0.4, -0.2) is 32.5 Å². The van der Waals surface area contributed by atoms with Crippen molar-refractivity contribution in [1.82, 2.24) is 9.71 Å². The van der Waals surface area contributed by atoms with Gasteiger partial charge in [0, 0.05) is 19.1 Å². The molecule has 0 atom stereocenters. The van der Waals surface area contributed by atoms with Crippen LogP contribution in [0.5, 0.6) is 0 Å². The molecule has 2 aromatic heterocycles. The quantitative estimate of drug-likeness (QED) is 0.913. The molecule has 1 N–H and O–H groups in total. The fraction of sp³-hybridized carbons (Fsp3) is 0.333. The van der Waals surface area contributed by atoms with Crippen LogP contribution in [0.2, 0.25) is 0 Å². The molecule has 0 bridgehead atoms. The molecule has 6 nitrogen and oxygen atoms in total. The Kier molecular flexibility index (Phi) is 4.61. The summed E-state index contributed by atoms with van der Waals surface area (Å²) in [6, 6.07) is 8.87. The SMILES string of the molecule is N#Cc1ccc(N2CCC(NS(=O)(=O)c3cccs3)CC2)cn1. The second-order valence-corrected chi connectivity index (χ2v) is 8.22. The van der Waals surface area contributed by atoms with Crippen molar-refractivity contribution in [2.75, 3.05) is 18.0 Å². The highest BCUT2D eigenvalue weighted by molar-refractivity contribution is 7.91. The number of rotatable bonds is 4. The first-order chi connectivity index (χ1) is 11.1. The second kappa shape index (κ2) is 6.66. The van der Waals surface area contributed by atoms with Crippen LogP contribution in [0, 0.1) is 11.3 Å². The maximum Gasteiger partial charge on any atom is 0.250 e. The van der Waals surface area contributed by atoms with E-state index in [2.05, 4.69) is 14.6 Å². The molecule has 0 aliphatic carbocycles. The number of sulfonamides is 1. The molecule has 3 rings (SSSR count). The van der Waals surface area contributed by atoms with Gasteiger partial charge < -0.3 is 4.90 Å². The maximum absolute atomic E-state index is 12.2. The van der Waals surface area contributed by atoms with E-state index in [0.717, 1.165) is 31.6 Å². The Balaban J connectivity index is 1.59. The van der Waals surface area contributed by atoms with E-state index < -0.39 is 10.0 Å². The molecule has 1 aliphatic heterocycles. The zero-order valence-electron chi connectivity index (χ0n) is 12.3. The van der Waals surface area contributed by atoms with Crippen LogP contribution in [0.25, 0.3) is 0 Å². The first kappa shape index (κ1) is 15.9. The smallest absolute Gasteiger partial charge is 0.250 e. The van der Waals surface area contributed by atoms with Crippen LogP contribution in [0.3, 0.4) is 0 Å². The van der Waals surface area contributed by atoms with Crippen molar-refractivity contribution < 1.29 is 8.42 Å². The molecule has 1 fully saturated rings. The largest absolute Gasteiger partial charge is 0.370 e. The number of piperidine rings is 1. The molecule has 0 saturated carbocycles. The lowest BCUT2D eigenvalue weighted by atomic mass is 10.1. The molecule has 1 saturated heterocycles. The fourth-order valence-corrected chi connectivity index (χ4v) is 4.90. The van der Waals surface area contributed by atoms with Gasteiger partial charge in [0.2, 0.25) is 10.0 Å². The van der Waals surface area contributed by atoms with Gasteiger partial charge in [-0.1, -0.05) is 6.07 Å². The average Bonchev–Trinajstić information content (AvgIpc) is 3.11. The number of anilines is 1. The van der Waals surface area contributed by atoms with Crippen molar-refractivity contribution in [2.24, 2.45) is 0 Å². The van der Waals surface area contributed by atoms with E-state index >= 15 is 0 Å². The van der Waals surface area contributed by atoms with E-state index in [0.29, 0.717) is 9.90 Å². The summed E-state index contributed by atoms with van der Waals surface area (Å²) in [7, 11) is -3.41. The van der Waals surface area contributed by atoms with Crippen LogP contribution in [0.15, 0.2) is 40.1 Å². The van der Waals surface area contributed by atoms with Crippen molar-refractivity contribution >= 4 is 27.0 Å². The van der Waals surface area contributed by atoms with Crippen molar-refractivity contribution in [2.45, 2.75) is 23.1 Å². The van der Waals surface area contributed by atoms with E-state index in [1.807, 2.05) is 12.1 Å². The molecule has 1 aliphatic rings. The topological polar surface area (TPSA) is 86.1 Å². The molecule has 2 aromatic rings. The minimum absolute atomic E-state index is 0.0512. The van der Waals surface area contributed by atoms with Crippen LogP contribution < -0.4 is 9.62 Å². The molecule has 0 spiro atoms. The lowest BCUT2D eigenvalue weighted by Crippen LogP contribution is -2.44. The van der Waals surface area contributed by atoms with E-state index in [1.54, 1.807) is 29.8 Å². The summed E-state index contributed by atoms with van der Waals surface area (Å²) in [5.41, 5.74) is 1.36.